The highest BCUT2D eigenvalue weighted by Crippen LogP contribution is 2.14. The van der Waals surface area contributed by atoms with E-state index in [-0.39, 0.29) is 5.82 Å². The van der Waals surface area contributed by atoms with Crippen LogP contribution in [0, 0.1) is 5.82 Å². The van der Waals surface area contributed by atoms with E-state index in [1.165, 1.54) is 12.1 Å². The maximum atomic E-state index is 12.6. The van der Waals surface area contributed by atoms with Gasteiger partial charge in [-0.05, 0) is 30.3 Å². The summed E-state index contributed by atoms with van der Waals surface area (Å²) in [4.78, 5) is 0. The Bertz CT molecular complexity index is 450. The van der Waals surface area contributed by atoms with Crippen molar-refractivity contribution < 1.29 is 13.5 Å². The first-order chi connectivity index (χ1) is 7.78. The van der Waals surface area contributed by atoms with E-state index in [9.17, 15) is 4.39 Å². The van der Waals surface area contributed by atoms with Crippen LogP contribution in [0.15, 0.2) is 41.0 Å². The second-order valence-electron chi connectivity index (χ2n) is 3.37. The van der Waals surface area contributed by atoms with Gasteiger partial charge in [-0.1, -0.05) is 0 Å². The molecule has 2 aromatic rings. The molecule has 0 fully saturated rings. The second kappa shape index (κ2) is 4.81. The molecule has 0 saturated heterocycles. The molecule has 1 heterocycles. The number of hydrogen-bond donors (Lipinski definition) is 1. The molecule has 0 aliphatic rings. The van der Waals surface area contributed by atoms with Crippen LogP contribution >= 0.6 is 0 Å². The summed E-state index contributed by atoms with van der Waals surface area (Å²) in [6.45, 7) is 0.756. The van der Waals surface area contributed by atoms with E-state index in [0.717, 1.165) is 11.3 Å². The first kappa shape index (κ1) is 10.7. The molecule has 3 nitrogen and oxygen atoms in total. The van der Waals surface area contributed by atoms with Gasteiger partial charge in [0.15, 0.2) is 0 Å². The Morgan fingerprint density at radius 2 is 2.00 bits per heavy atom. The lowest BCUT2D eigenvalue weighted by atomic mass is 10.3. The van der Waals surface area contributed by atoms with Gasteiger partial charge >= 0.3 is 0 Å². The lowest BCUT2D eigenvalue weighted by Gasteiger charge is -2.03. The number of rotatable bonds is 4. The zero-order valence-electron chi connectivity index (χ0n) is 8.65. The molecule has 4 heteroatoms. The van der Waals surface area contributed by atoms with Crippen molar-refractivity contribution in [2.45, 2.75) is 13.2 Å². The van der Waals surface area contributed by atoms with Crippen LogP contribution in [0.1, 0.15) is 11.3 Å². The molecule has 2 N–H and O–H groups in total. The van der Waals surface area contributed by atoms with Gasteiger partial charge in [0.2, 0.25) is 0 Å². The summed E-state index contributed by atoms with van der Waals surface area (Å²) in [5.74, 6) is 1.07. The molecule has 0 aliphatic heterocycles. The van der Waals surface area contributed by atoms with E-state index in [1.807, 2.05) is 6.07 Å². The Kier molecular flexibility index (Phi) is 3.22. The molecule has 0 saturated carbocycles. The van der Waals surface area contributed by atoms with Gasteiger partial charge in [0.05, 0.1) is 12.8 Å². The van der Waals surface area contributed by atoms with E-state index >= 15 is 0 Å². The fraction of sp³-hybridized carbons (Fsp3) is 0.167. The molecule has 0 aliphatic carbocycles. The van der Waals surface area contributed by atoms with E-state index in [2.05, 4.69) is 0 Å². The topological polar surface area (TPSA) is 48.4 Å². The maximum absolute atomic E-state index is 12.6. The van der Waals surface area contributed by atoms with Crippen LogP contribution in [0.3, 0.4) is 0 Å². The third-order valence-corrected chi connectivity index (χ3v) is 2.13. The summed E-state index contributed by atoms with van der Waals surface area (Å²) in [5, 5.41) is 0. The first-order valence-corrected chi connectivity index (χ1v) is 4.92. The normalized spacial score (nSPS) is 10.4. The number of furan rings is 1. The van der Waals surface area contributed by atoms with Gasteiger partial charge in [-0.15, -0.1) is 0 Å². The van der Waals surface area contributed by atoms with Crippen molar-refractivity contribution in [2.24, 2.45) is 5.73 Å². The molecular formula is C12H12FNO2. The van der Waals surface area contributed by atoms with Gasteiger partial charge in [0.25, 0.3) is 0 Å². The summed E-state index contributed by atoms with van der Waals surface area (Å²) in [6.07, 6.45) is 1.60. The first-order valence-electron chi connectivity index (χ1n) is 4.92. The number of nitrogens with two attached hydrogens (primary N) is 1. The molecule has 0 radical (unpaired) electrons. The third kappa shape index (κ3) is 2.61. The van der Waals surface area contributed by atoms with Gasteiger partial charge in [-0.3, -0.25) is 0 Å². The average molecular weight is 221 g/mol. The Hall–Kier alpha value is -1.81. The predicted molar refractivity (Wildman–Crippen MR) is 57.3 cm³/mol. The van der Waals surface area contributed by atoms with Crippen molar-refractivity contribution in [3.8, 4) is 5.75 Å². The van der Waals surface area contributed by atoms with Crippen LogP contribution in [-0.4, -0.2) is 0 Å². The van der Waals surface area contributed by atoms with Crippen LogP contribution in [0.2, 0.25) is 0 Å². The summed E-state index contributed by atoms with van der Waals surface area (Å²) in [7, 11) is 0. The quantitative estimate of drug-likeness (QED) is 0.862. The molecule has 0 amide bonds. The monoisotopic (exact) mass is 221 g/mol. The smallest absolute Gasteiger partial charge is 0.123 e. The van der Waals surface area contributed by atoms with E-state index in [0.29, 0.717) is 18.9 Å². The van der Waals surface area contributed by atoms with E-state index in [1.54, 1.807) is 18.4 Å². The zero-order valence-corrected chi connectivity index (χ0v) is 8.65. The lowest BCUT2D eigenvalue weighted by molar-refractivity contribution is 0.304. The molecule has 1 aromatic heterocycles. The molecule has 16 heavy (non-hydrogen) atoms. The van der Waals surface area contributed by atoms with Crippen LogP contribution in [0.4, 0.5) is 4.39 Å². The van der Waals surface area contributed by atoms with Crippen molar-refractivity contribution in [3.63, 3.8) is 0 Å². The highest BCUT2D eigenvalue weighted by atomic mass is 19.1. The molecule has 0 spiro atoms. The summed E-state index contributed by atoms with van der Waals surface area (Å²) in [5.41, 5.74) is 6.32. The van der Waals surface area contributed by atoms with Gasteiger partial charge in [-0.25, -0.2) is 4.39 Å². The molecule has 1 aromatic carbocycles. The van der Waals surface area contributed by atoms with E-state index < -0.39 is 0 Å². The Morgan fingerprint density at radius 3 is 2.62 bits per heavy atom. The Balaban J connectivity index is 1.94. The minimum atomic E-state index is -0.277. The maximum Gasteiger partial charge on any atom is 0.123 e. The Morgan fingerprint density at radius 1 is 1.25 bits per heavy atom. The minimum absolute atomic E-state index is 0.277. The second-order valence-corrected chi connectivity index (χ2v) is 3.37. The number of benzene rings is 1. The molecule has 0 unspecified atom stereocenters. The summed E-state index contributed by atoms with van der Waals surface area (Å²) < 4.78 is 23.2. The Labute approximate surface area is 92.6 Å². The highest BCUT2D eigenvalue weighted by molar-refractivity contribution is 5.23. The van der Waals surface area contributed by atoms with Crippen LogP contribution in [0.5, 0.6) is 5.75 Å². The molecular weight excluding hydrogens is 209 g/mol. The van der Waals surface area contributed by atoms with E-state index in [4.69, 9.17) is 14.9 Å². The standard InChI is InChI=1S/C12H12FNO2/c13-10-1-3-11(4-2-10)15-7-9-5-12(6-14)16-8-9/h1-5,8H,6-7,14H2. The minimum Gasteiger partial charge on any atom is -0.489 e. The van der Waals surface area contributed by atoms with Gasteiger partial charge in [-0.2, -0.15) is 0 Å². The highest BCUT2D eigenvalue weighted by Gasteiger charge is 2.01. The number of halogens is 1. The summed E-state index contributed by atoms with van der Waals surface area (Å²) in [6, 6.07) is 7.72. The molecule has 0 bridgehead atoms. The van der Waals surface area contributed by atoms with Crippen molar-refractivity contribution in [2.75, 3.05) is 0 Å². The van der Waals surface area contributed by atoms with Gasteiger partial charge in [0, 0.05) is 5.56 Å². The third-order valence-electron chi connectivity index (χ3n) is 2.13. The van der Waals surface area contributed by atoms with Gasteiger partial charge in [0.1, 0.15) is 23.9 Å². The lowest BCUT2D eigenvalue weighted by Crippen LogP contribution is -1.95. The van der Waals surface area contributed by atoms with Crippen LogP contribution < -0.4 is 10.5 Å². The largest absolute Gasteiger partial charge is 0.489 e. The van der Waals surface area contributed by atoms with Gasteiger partial charge < -0.3 is 14.9 Å². The predicted octanol–water partition coefficient (Wildman–Crippen LogP) is 2.46. The van der Waals surface area contributed by atoms with Crippen molar-refractivity contribution in [3.05, 3.63) is 53.7 Å². The molecule has 0 atom stereocenters. The molecule has 84 valence electrons. The van der Waals surface area contributed by atoms with Crippen molar-refractivity contribution in [1.82, 2.24) is 0 Å². The zero-order chi connectivity index (χ0) is 11.4. The number of hydrogen-bond acceptors (Lipinski definition) is 3. The average Bonchev–Trinajstić information content (AvgIpc) is 2.76. The molecule has 2 rings (SSSR count). The van der Waals surface area contributed by atoms with Crippen molar-refractivity contribution in [1.29, 1.82) is 0 Å². The number of ether oxygens (including phenoxy) is 1. The fourth-order valence-electron chi connectivity index (χ4n) is 1.31. The fourth-order valence-corrected chi connectivity index (χ4v) is 1.31. The van der Waals surface area contributed by atoms with Crippen LogP contribution in [0.25, 0.3) is 0 Å². The van der Waals surface area contributed by atoms with Crippen LogP contribution in [-0.2, 0) is 13.2 Å². The summed E-state index contributed by atoms with van der Waals surface area (Å²) >= 11 is 0. The van der Waals surface area contributed by atoms with Crippen molar-refractivity contribution >= 4 is 0 Å². The SMILES string of the molecule is NCc1cc(COc2ccc(F)cc2)co1.